The molecule has 3 heteroatoms. The Kier molecular flexibility index (Phi) is 5.16. The van der Waals surface area contributed by atoms with E-state index < -0.39 is 0 Å². The first kappa shape index (κ1) is 14.6. The lowest BCUT2D eigenvalue weighted by atomic mass is 10.0. The lowest BCUT2D eigenvalue weighted by Crippen LogP contribution is -2.27. The SMILES string of the molecule is COc1cccc(C(C)N[C@@H](CO)c2ccccc2)c1. The summed E-state index contributed by atoms with van der Waals surface area (Å²) in [7, 11) is 1.66. The van der Waals surface area contributed by atoms with Crippen LogP contribution in [0.5, 0.6) is 5.75 Å². The maximum absolute atomic E-state index is 9.59. The third kappa shape index (κ3) is 3.59. The molecule has 1 unspecified atom stereocenters. The topological polar surface area (TPSA) is 41.5 Å². The number of aliphatic hydroxyl groups is 1. The Labute approximate surface area is 120 Å². The Morgan fingerprint density at radius 3 is 2.40 bits per heavy atom. The van der Waals surface area contributed by atoms with E-state index in [2.05, 4.69) is 18.3 Å². The summed E-state index contributed by atoms with van der Waals surface area (Å²) >= 11 is 0. The van der Waals surface area contributed by atoms with E-state index in [-0.39, 0.29) is 18.7 Å². The molecule has 3 nitrogen and oxygen atoms in total. The Morgan fingerprint density at radius 1 is 1.05 bits per heavy atom. The van der Waals surface area contributed by atoms with Crippen LogP contribution in [0.3, 0.4) is 0 Å². The van der Waals surface area contributed by atoms with Gasteiger partial charge in [-0.1, -0.05) is 42.5 Å². The zero-order chi connectivity index (χ0) is 14.4. The van der Waals surface area contributed by atoms with Crippen LogP contribution in [0.25, 0.3) is 0 Å². The predicted octanol–water partition coefficient (Wildman–Crippen LogP) is 3.08. The number of aliphatic hydroxyl groups excluding tert-OH is 1. The van der Waals surface area contributed by atoms with Crippen molar-refractivity contribution < 1.29 is 9.84 Å². The highest BCUT2D eigenvalue weighted by atomic mass is 16.5. The van der Waals surface area contributed by atoms with Gasteiger partial charge in [0, 0.05) is 6.04 Å². The average molecular weight is 271 g/mol. The van der Waals surface area contributed by atoms with Crippen molar-refractivity contribution >= 4 is 0 Å². The van der Waals surface area contributed by atoms with Crippen molar-refractivity contribution in [1.29, 1.82) is 0 Å². The molecule has 2 N–H and O–H groups in total. The van der Waals surface area contributed by atoms with E-state index in [1.54, 1.807) is 7.11 Å². The Hall–Kier alpha value is -1.84. The molecule has 0 bridgehead atoms. The number of rotatable bonds is 6. The van der Waals surface area contributed by atoms with E-state index in [1.807, 2.05) is 48.5 Å². The van der Waals surface area contributed by atoms with Gasteiger partial charge in [-0.2, -0.15) is 0 Å². The predicted molar refractivity (Wildman–Crippen MR) is 80.8 cm³/mol. The lowest BCUT2D eigenvalue weighted by Gasteiger charge is -2.22. The molecule has 2 aromatic carbocycles. The summed E-state index contributed by atoms with van der Waals surface area (Å²) in [5.74, 6) is 0.844. The summed E-state index contributed by atoms with van der Waals surface area (Å²) in [4.78, 5) is 0. The van der Waals surface area contributed by atoms with E-state index >= 15 is 0 Å². The van der Waals surface area contributed by atoms with Gasteiger partial charge < -0.3 is 15.2 Å². The largest absolute Gasteiger partial charge is 0.497 e. The fraction of sp³-hybridized carbons (Fsp3) is 0.294. The zero-order valence-corrected chi connectivity index (χ0v) is 11.9. The molecule has 0 saturated carbocycles. The molecule has 0 fully saturated rings. The number of hydrogen-bond donors (Lipinski definition) is 2. The third-order valence-corrected chi connectivity index (χ3v) is 3.43. The van der Waals surface area contributed by atoms with Crippen molar-refractivity contribution in [3.63, 3.8) is 0 Å². The van der Waals surface area contributed by atoms with Gasteiger partial charge in [-0.3, -0.25) is 0 Å². The average Bonchev–Trinajstić information content (AvgIpc) is 2.53. The molecule has 20 heavy (non-hydrogen) atoms. The second-order valence-electron chi connectivity index (χ2n) is 4.81. The standard InChI is InChI=1S/C17H21NO2/c1-13(15-9-6-10-16(11-15)20-2)18-17(12-19)14-7-4-3-5-8-14/h3-11,13,17-19H,12H2,1-2H3/t13?,17-/m0/s1. The third-order valence-electron chi connectivity index (χ3n) is 3.43. The molecule has 0 aromatic heterocycles. The summed E-state index contributed by atoms with van der Waals surface area (Å²) in [5.41, 5.74) is 2.23. The first-order valence-electron chi connectivity index (χ1n) is 6.80. The molecule has 106 valence electrons. The highest BCUT2D eigenvalue weighted by Gasteiger charge is 2.14. The van der Waals surface area contributed by atoms with Crippen molar-refractivity contribution in [2.75, 3.05) is 13.7 Å². The van der Waals surface area contributed by atoms with Gasteiger partial charge in [0.15, 0.2) is 0 Å². The number of ether oxygens (including phenoxy) is 1. The number of hydrogen-bond acceptors (Lipinski definition) is 3. The van der Waals surface area contributed by atoms with Crippen molar-refractivity contribution in [3.05, 3.63) is 65.7 Å². The maximum atomic E-state index is 9.59. The summed E-state index contributed by atoms with van der Waals surface area (Å²) in [5, 5.41) is 13.0. The highest BCUT2D eigenvalue weighted by molar-refractivity contribution is 5.30. The minimum Gasteiger partial charge on any atom is -0.497 e. The van der Waals surface area contributed by atoms with Crippen LogP contribution in [0.2, 0.25) is 0 Å². The van der Waals surface area contributed by atoms with E-state index in [0.717, 1.165) is 16.9 Å². The fourth-order valence-electron chi connectivity index (χ4n) is 2.25. The van der Waals surface area contributed by atoms with Crippen LogP contribution in [-0.2, 0) is 0 Å². The molecule has 2 atom stereocenters. The highest BCUT2D eigenvalue weighted by Crippen LogP contribution is 2.22. The van der Waals surface area contributed by atoms with Gasteiger partial charge >= 0.3 is 0 Å². The molecule has 2 aromatic rings. The van der Waals surface area contributed by atoms with Crippen molar-refractivity contribution in [2.45, 2.75) is 19.0 Å². The minimum absolute atomic E-state index is 0.0678. The molecular weight excluding hydrogens is 250 g/mol. The fourth-order valence-corrected chi connectivity index (χ4v) is 2.25. The normalized spacial score (nSPS) is 13.8. The summed E-state index contributed by atoms with van der Waals surface area (Å²) < 4.78 is 5.24. The van der Waals surface area contributed by atoms with E-state index in [9.17, 15) is 5.11 Å². The monoisotopic (exact) mass is 271 g/mol. The van der Waals surface area contributed by atoms with Crippen molar-refractivity contribution in [2.24, 2.45) is 0 Å². The summed E-state index contributed by atoms with van der Waals surface area (Å²) in [6.07, 6.45) is 0. The Morgan fingerprint density at radius 2 is 1.75 bits per heavy atom. The lowest BCUT2D eigenvalue weighted by molar-refractivity contribution is 0.235. The van der Waals surface area contributed by atoms with Gasteiger partial charge in [-0.15, -0.1) is 0 Å². The smallest absolute Gasteiger partial charge is 0.119 e. The molecule has 0 spiro atoms. The quantitative estimate of drug-likeness (QED) is 0.848. The van der Waals surface area contributed by atoms with E-state index in [0.29, 0.717) is 0 Å². The van der Waals surface area contributed by atoms with Crippen LogP contribution in [0, 0.1) is 0 Å². The molecule has 0 amide bonds. The molecule has 0 aliphatic carbocycles. The first-order chi connectivity index (χ1) is 9.74. The van der Waals surface area contributed by atoms with Gasteiger partial charge in [0.1, 0.15) is 5.75 Å². The van der Waals surface area contributed by atoms with Gasteiger partial charge in [-0.05, 0) is 30.2 Å². The molecule has 0 aliphatic rings. The van der Waals surface area contributed by atoms with E-state index in [4.69, 9.17) is 4.74 Å². The van der Waals surface area contributed by atoms with Gasteiger partial charge in [0.2, 0.25) is 0 Å². The Balaban J connectivity index is 2.11. The van der Waals surface area contributed by atoms with Crippen LogP contribution >= 0.6 is 0 Å². The summed E-state index contributed by atoms with van der Waals surface area (Å²) in [6.45, 7) is 2.15. The molecular formula is C17H21NO2. The second-order valence-corrected chi connectivity index (χ2v) is 4.81. The van der Waals surface area contributed by atoms with Crippen LogP contribution in [-0.4, -0.2) is 18.8 Å². The minimum atomic E-state index is -0.0719. The van der Waals surface area contributed by atoms with Crippen LogP contribution in [0.4, 0.5) is 0 Å². The Bertz CT molecular complexity index is 528. The van der Waals surface area contributed by atoms with Gasteiger partial charge in [0.25, 0.3) is 0 Å². The molecule has 0 heterocycles. The summed E-state index contributed by atoms with van der Waals surface area (Å²) in [6, 6.07) is 18.0. The number of benzene rings is 2. The van der Waals surface area contributed by atoms with Gasteiger partial charge in [-0.25, -0.2) is 0 Å². The van der Waals surface area contributed by atoms with Crippen LogP contribution in [0.1, 0.15) is 30.1 Å². The van der Waals surface area contributed by atoms with Crippen LogP contribution in [0.15, 0.2) is 54.6 Å². The van der Waals surface area contributed by atoms with Crippen molar-refractivity contribution in [3.8, 4) is 5.75 Å². The number of methoxy groups -OCH3 is 1. The molecule has 2 rings (SSSR count). The molecule has 0 aliphatic heterocycles. The van der Waals surface area contributed by atoms with Crippen LogP contribution < -0.4 is 10.1 Å². The second kappa shape index (κ2) is 7.08. The van der Waals surface area contributed by atoms with E-state index in [1.165, 1.54) is 0 Å². The molecule has 0 radical (unpaired) electrons. The van der Waals surface area contributed by atoms with Crippen molar-refractivity contribution in [1.82, 2.24) is 5.32 Å². The first-order valence-corrected chi connectivity index (χ1v) is 6.80. The van der Waals surface area contributed by atoms with Gasteiger partial charge in [0.05, 0.1) is 19.8 Å². The maximum Gasteiger partial charge on any atom is 0.119 e. The molecule has 0 saturated heterocycles. The zero-order valence-electron chi connectivity index (χ0n) is 11.9. The number of nitrogens with one attached hydrogen (secondary N) is 1.